The van der Waals surface area contributed by atoms with Gasteiger partial charge >= 0.3 is 6.03 Å². The first kappa shape index (κ1) is 16.3. The Hall–Kier alpha value is -1.53. The zero-order chi connectivity index (χ0) is 15.9. The molecule has 0 radical (unpaired) electrons. The van der Waals surface area contributed by atoms with Gasteiger partial charge in [-0.2, -0.15) is 0 Å². The number of benzene rings is 1. The molecule has 0 unspecified atom stereocenters. The molecular formula is C17H21N3OS2. The molecule has 6 heteroatoms. The fourth-order valence-electron chi connectivity index (χ4n) is 2.67. The van der Waals surface area contributed by atoms with Gasteiger partial charge in [0.2, 0.25) is 0 Å². The first-order valence-electron chi connectivity index (χ1n) is 7.99. The number of nitrogens with one attached hydrogen (secondary N) is 2. The number of rotatable bonds is 5. The van der Waals surface area contributed by atoms with Crippen molar-refractivity contribution in [3.63, 3.8) is 0 Å². The van der Waals surface area contributed by atoms with Gasteiger partial charge in [-0.25, -0.2) is 9.78 Å². The fourth-order valence-corrected chi connectivity index (χ4v) is 4.29. The average molecular weight is 348 g/mol. The predicted octanol–water partition coefficient (Wildman–Crippen LogP) is 4.89. The zero-order valence-corrected chi connectivity index (χ0v) is 14.6. The van der Waals surface area contributed by atoms with E-state index in [1.165, 1.54) is 35.5 Å². The van der Waals surface area contributed by atoms with Crippen LogP contribution in [0.15, 0.2) is 40.6 Å². The summed E-state index contributed by atoms with van der Waals surface area (Å²) in [5, 5.41) is 8.58. The Bertz CT molecular complexity index is 624. The van der Waals surface area contributed by atoms with Crippen molar-refractivity contribution in [3.8, 4) is 0 Å². The van der Waals surface area contributed by atoms with Gasteiger partial charge in [-0.05, 0) is 25.0 Å². The van der Waals surface area contributed by atoms with Crippen LogP contribution in [-0.2, 0) is 5.75 Å². The van der Waals surface area contributed by atoms with E-state index in [9.17, 15) is 4.79 Å². The van der Waals surface area contributed by atoms with Crippen molar-refractivity contribution in [1.82, 2.24) is 10.3 Å². The van der Waals surface area contributed by atoms with Crippen LogP contribution in [0.25, 0.3) is 0 Å². The molecule has 122 valence electrons. The Labute approximate surface area is 145 Å². The van der Waals surface area contributed by atoms with Crippen LogP contribution in [0.2, 0.25) is 0 Å². The summed E-state index contributed by atoms with van der Waals surface area (Å²) in [5.74, 6) is 0.812. The second kappa shape index (κ2) is 8.36. The van der Waals surface area contributed by atoms with Gasteiger partial charge in [0, 0.05) is 22.1 Å². The molecule has 1 aromatic heterocycles. The number of nitrogens with zero attached hydrogens (tertiary/aromatic N) is 1. The SMILES string of the molecule is O=C(Nc1nc(CSc2ccccc2)cs1)NC1CCCCC1. The van der Waals surface area contributed by atoms with Crippen LogP contribution in [-0.4, -0.2) is 17.1 Å². The van der Waals surface area contributed by atoms with Crippen molar-refractivity contribution in [2.45, 2.75) is 48.8 Å². The monoisotopic (exact) mass is 347 g/mol. The third-order valence-corrected chi connectivity index (χ3v) is 5.69. The minimum atomic E-state index is -0.131. The third kappa shape index (κ3) is 5.25. The zero-order valence-electron chi connectivity index (χ0n) is 13.0. The van der Waals surface area contributed by atoms with Crippen molar-refractivity contribution in [2.75, 3.05) is 5.32 Å². The summed E-state index contributed by atoms with van der Waals surface area (Å²) < 4.78 is 0. The molecule has 2 N–H and O–H groups in total. The first-order chi connectivity index (χ1) is 11.3. The molecule has 1 heterocycles. The molecular weight excluding hydrogens is 326 g/mol. The van der Waals surface area contributed by atoms with E-state index >= 15 is 0 Å². The third-order valence-electron chi connectivity index (χ3n) is 3.84. The quantitative estimate of drug-likeness (QED) is 0.757. The van der Waals surface area contributed by atoms with Crippen molar-refractivity contribution >= 4 is 34.3 Å². The van der Waals surface area contributed by atoms with Crippen LogP contribution < -0.4 is 10.6 Å². The Morgan fingerprint density at radius 2 is 2.00 bits per heavy atom. The highest BCUT2D eigenvalue weighted by Gasteiger charge is 2.16. The number of aromatic nitrogens is 1. The molecule has 0 bridgehead atoms. The Kier molecular flexibility index (Phi) is 5.93. The number of thioether (sulfide) groups is 1. The van der Waals surface area contributed by atoms with E-state index < -0.39 is 0 Å². The predicted molar refractivity (Wildman–Crippen MR) is 97.1 cm³/mol. The van der Waals surface area contributed by atoms with Crippen LogP contribution in [0, 0.1) is 0 Å². The summed E-state index contributed by atoms with van der Waals surface area (Å²) >= 11 is 3.23. The van der Waals surface area contributed by atoms with E-state index in [1.54, 1.807) is 11.8 Å². The van der Waals surface area contributed by atoms with Crippen molar-refractivity contribution in [3.05, 3.63) is 41.4 Å². The molecule has 1 aliphatic carbocycles. The normalized spacial score (nSPS) is 15.3. The van der Waals surface area contributed by atoms with E-state index in [-0.39, 0.29) is 6.03 Å². The lowest BCUT2D eigenvalue weighted by atomic mass is 9.96. The second-order valence-electron chi connectivity index (χ2n) is 5.68. The van der Waals surface area contributed by atoms with Crippen LogP contribution in [0.1, 0.15) is 37.8 Å². The average Bonchev–Trinajstić information content (AvgIpc) is 3.02. The maximum absolute atomic E-state index is 12.0. The number of hydrogen-bond donors (Lipinski definition) is 2. The highest BCUT2D eigenvalue weighted by molar-refractivity contribution is 7.98. The number of carbonyl (C=O) groups is 1. The van der Waals surface area contributed by atoms with Crippen LogP contribution in [0.4, 0.5) is 9.93 Å². The summed E-state index contributed by atoms with van der Waals surface area (Å²) in [5.41, 5.74) is 0.997. The molecule has 0 atom stereocenters. The topological polar surface area (TPSA) is 54.0 Å². The number of carbonyl (C=O) groups excluding carboxylic acids is 1. The van der Waals surface area contributed by atoms with E-state index in [4.69, 9.17) is 0 Å². The second-order valence-corrected chi connectivity index (χ2v) is 7.59. The first-order valence-corrected chi connectivity index (χ1v) is 9.86. The molecule has 1 fully saturated rings. The maximum Gasteiger partial charge on any atom is 0.321 e. The lowest BCUT2D eigenvalue weighted by Crippen LogP contribution is -2.38. The minimum absolute atomic E-state index is 0.131. The van der Waals surface area contributed by atoms with Gasteiger partial charge in [-0.1, -0.05) is 37.5 Å². The van der Waals surface area contributed by atoms with Gasteiger partial charge in [0.1, 0.15) is 0 Å². The highest BCUT2D eigenvalue weighted by atomic mass is 32.2. The summed E-state index contributed by atoms with van der Waals surface area (Å²) in [6.45, 7) is 0. The number of anilines is 1. The van der Waals surface area contributed by atoms with Gasteiger partial charge in [0.25, 0.3) is 0 Å². The van der Waals surface area contributed by atoms with E-state index in [0.29, 0.717) is 11.2 Å². The molecule has 1 aromatic carbocycles. The number of urea groups is 1. The van der Waals surface area contributed by atoms with Gasteiger partial charge in [-0.15, -0.1) is 23.1 Å². The number of thiazole rings is 1. The Balaban J connectivity index is 1.45. The largest absolute Gasteiger partial charge is 0.335 e. The van der Waals surface area contributed by atoms with E-state index in [0.717, 1.165) is 24.3 Å². The molecule has 23 heavy (non-hydrogen) atoms. The highest BCUT2D eigenvalue weighted by Crippen LogP contribution is 2.25. The van der Waals surface area contributed by atoms with Gasteiger partial charge in [-0.3, -0.25) is 5.32 Å². The van der Waals surface area contributed by atoms with Crippen molar-refractivity contribution < 1.29 is 4.79 Å². The van der Waals surface area contributed by atoms with Gasteiger partial charge < -0.3 is 5.32 Å². The smallest absolute Gasteiger partial charge is 0.321 e. The lowest BCUT2D eigenvalue weighted by molar-refractivity contribution is 0.244. The molecule has 0 aliphatic heterocycles. The van der Waals surface area contributed by atoms with Crippen molar-refractivity contribution in [1.29, 1.82) is 0 Å². The fraction of sp³-hybridized carbons (Fsp3) is 0.412. The standard InChI is InChI=1S/C17H21N3OS2/c21-16(18-13-7-3-1-4-8-13)20-17-19-14(12-23-17)11-22-15-9-5-2-6-10-15/h2,5-6,9-10,12-13H,1,3-4,7-8,11H2,(H2,18,19,20,21). The molecule has 0 spiro atoms. The molecule has 1 saturated carbocycles. The minimum Gasteiger partial charge on any atom is -0.335 e. The van der Waals surface area contributed by atoms with E-state index in [1.807, 2.05) is 23.6 Å². The van der Waals surface area contributed by atoms with Gasteiger partial charge in [0.05, 0.1) is 5.69 Å². The molecule has 4 nitrogen and oxygen atoms in total. The summed E-state index contributed by atoms with van der Waals surface area (Å²) in [6, 6.07) is 10.4. The maximum atomic E-state index is 12.0. The van der Waals surface area contributed by atoms with Crippen molar-refractivity contribution in [2.24, 2.45) is 0 Å². The molecule has 1 aliphatic rings. The summed E-state index contributed by atoms with van der Waals surface area (Å²) in [7, 11) is 0. The van der Waals surface area contributed by atoms with Gasteiger partial charge in [0.15, 0.2) is 5.13 Å². The summed E-state index contributed by atoms with van der Waals surface area (Å²) in [6.07, 6.45) is 5.88. The van der Waals surface area contributed by atoms with Crippen LogP contribution >= 0.6 is 23.1 Å². The summed E-state index contributed by atoms with van der Waals surface area (Å²) in [4.78, 5) is 17.7. The Morgan fingerprint density at radius 1 is 1.22 bits per heavy atom. The molecule has 2 aromatic rings. The lowest BCUT2D eigenvalue weighted by Gasteiger charge is -2.22. The van der Waals surface area contributed by atoms with E-state index in [2.05, 4.69) is 27.8 Å². The Morgan fingerprint density at radius 3 is 2.78 bits per heavy atom. The number of hydrogen-bond acceptors (Lipinski definition) is 4. The van der Waals surface area contributed by atoms with Crippen LogP contribution in [0.5, 0.6) is 0 Å². The van der Waals surface area contributed by atoms with Crippen LogP contribution in [0.3, 0.4) is 0 Å². The molecule has 3 rings (SSSR count). The molecule has 0 saturated heterocycles. The number of amides is 2. The molecule has 2 amide bonds.